The number of rotatable bonds is 3. The van der Waals surface area contributed by atoms with E-state index in [9.17, 15) is 4.79 Å². The third-order valence-electron chi connectivity index (χ3n) is 2.65. The molecule has 0 amide bonds. The average molecular weight is 257 g/mol. The lowest BCUT2D eigenvalue weighted by molar-refractivity contribution is 0.0691. The predicted molar refractivity (Wildman–Crippen MR) is 64.7 cm³/mol. The maximum absolute atomic E-state index is 11.1. The second-order valence-electron chi connectivity index (χ2n) is 4.03. The highest BCUT2D eigenvalue weighted by Crippen LogP contribution is 2.29. The topological polar surface area (TPSA) is 85.7 Å². The van der Waals surface area contributed by atoms with E-state index in [2.05, 4.69) is 17.2 Å². The zero-order valence-corrected chi connectivity index (χ0v) is 10.3. The van der Waals surface area contributed by atoms with Crippen LogP contribution in [-0.2, 0) is 6.61 Å². The van der Waals surface area contributed by atoms with Crippen molar-refractivity contribution in [1.82, 2.24) is 10.3 Å². The van der Waals surface area contributed by atoms with Crippen molar-refractivity contribution in [3.8, 4) is 0 Å². The minimum absolute atomic E-state index is 0.0492. The van der Waals surface area contributed by atoms with E-state index in [1.165, 1.54) is 11.3 Å². The van der Waals surface area contributed by atoms with Crippen molar-refractivity contribution in [3.05, 3.63) is 10.7 Å². The zero-order valence-electron chi connectivity index (χ0n) is 9.51. The Labute approximate surface area is 103 Å². The molecule has 1 saturated heterocycles. The van der Waals surface area contributed by atoms with Gasteiger partial charge in [0.25, 0.3) is 0 Å². The lowest BCUT2D eigenvalue weighted by atomic mass is 10.2. The molecule has 1 aromatic rings. The van der Waals surface area contributed by atoms with Crippen molar-refractivity contribution in [2.24, 2.45) is 0 Å². The smallest absolute Gasteiger partial charge is 0.357 e. The van der Waals surface area contributed by atoms with E-state index in [-0.39, 0.29) is 12.3 Å². The molecule has 7 heteroatoms. The van der Waals surface area contributed by atoms with Crippen molar-refractivity contribution >= 4 is 22.3 Å². The van der Waals surface area contributed by atoms with E-state index in [1.54, 1.807) is 0 Å². The van der Waals surface area contributed by atoms with Crippen LogP contribution in [0.15, 0.2) is 0 Å². The summed E-state index contributed by atoms with van der Waals surface area (Å²) in [7, 11) is 0. The number of nitrogens with zero attached hydrogens (tertiary/aromatic N) is 2. The molecule has 17 heavy (non-hydrogen) atoms. The minimum atomic E-state index is -1.04. The van der Waals surface area contributed by atoms with Gasteiger partial charge in [-0.25, -0.2) is 9.78 Å². The number of carboxylic acid groups (broad SMARTS) is 1. The molecule has 1 aliphatic rings. The summed E-state index contributed by atoms with van der Waals surface area (Å²) in [6.07, 6.45) is 0. The van der Waals surface area contributed by atoms with Crippen molar-refractivity contribution in [3.63, 3.8) is 0 Å². The van der Waals surface area contributed by atoms with Gasteiger partial charge in [0.1, 0.15) is 10.0 Å². The van der Waals surface area contributed by atoms with Crippen LogP contribution in [0.5, 0.6) is 0 Å². The molecule has 0 unspecified atom stereocenters. The highest BCUT2D eigenvalue weighted by atomic mass is 32.1. The first-order valence-corrected chi connectivity index (χ1v) is 6.25. The largest absolute Gasteiger partial charge is 0.476 e. The Bertz CT molecular complexity index is 421. The van der Waals surface area contributed by atoms with E-state index in [1.807, 2.05) is 4.90 Å². The van der Waals surface area contributed by atoms with Gasteiger partial charge < -0.3 is 20.4 Å². The Morgan fingerprint density at radius 1 is 1.71 bits per heavy atom. The number of hydrogen-bond donors (Lipinski definition) is 3. The van der Waals surface area contributed by atoms with Crippen LogP contribution in [0, 0.1) is 0 Å². The number of piperazine rings is 1. The van der Waals surface area contributed by atoms with E-state index in [0.717, 1.165) is 19.6 Å². The first-order chi connectivity index (χ1) is 8.11. The molecule has 2 heterocycles. The molecular formula is C10H15N3O3S. The van der Waals surface area contributed by atoms with E-state index in [0.29, 0.717) is 16.1 Å². The Kier molecular flexibility index (Phi) is 3.60. The van der Waals surface area contributed by atoms with Crippen LogP contribution in [0.3, 0.4) is 0 Å². The fourth-order valence-electron chi connectivity index (χ4n) is 1.89. The summed E-state index contributed by atoms with van der Waals surface area (Å²) in [5.74, 6) is -1.04. The van der Waals surface area contributed by atoms with Crippen molar-refractivity contribution in [1.29, 1.82) is 0 Å². The van der Waals surface area contributed by atoms with Gasteiger partial charge in [-0.15, -0.1) is 0 Å². The van der Waals surface area contributed by atoms with Crippen molar-refractivity contribution < 1.29 is 15.0 Å². The lowest BCUT2D eigenvalue weighted by Crippen LogP contribution is -2.49. The molecule has 1 aliphatic heterocycles. The van der Waals surface area contributed by atoms with Gasteiger partial charge in [0.15, 0.2) is 5.69 Å². The van der Waals surface area contributed by atoms with Crippen molar-refractivity contribution in [2.75, 3.05) is 24.5 Å². The highest BCUT2D eigenvalue weighted by Gasteiger charge is 2.25. The maximum Gasteiger partial charge on any atom is 0.357 e. The minimum Gasteiger partial charge on any atom is -0.476 e. The number of aromatic carboxylic acids is 1. The van der Waals surface area contributed by atoms with Crippen LogP contribution in [0.2, 0.25) is 0 Å². The summed E-state index contributed by atoms with van der Waals surface area (Å²) < 4.78 is 0. The van der Waals surface area contributed by atoms with Crippen LogP contribution in [0.4, 0.5) is 5.00 Å². The second-order valence-corrected chi connectivity index (χ2v) is 5.09. The monoisotopic (exact) mass is 257 g/mol. The predicted octanol–water partition coefficient (Wildman–Crippen LogP) is 0.132. The summed E-state index contributed by atoms with van der Waals surface area (Å²) in [4.78, 5) is 17.0. The number of hydrogen-bond acceptors (Lipinski definition) is 6. The van der Waals surface area contributed by atoms with Gasteiger partial charge >= 0.3 is 5.97 Å². The Hall–Kier alpha value is -1.18. The molecule has 1 fully saturated rings. The molecular weight excluding hydrogens is 242 g/mol. The molecule has 0 aromatic carbocycles. The van der Waals surface area contributed by atoms with E-state index < -0.39 is 5.97 Å². The van der Waals surface area contributed by atoms with Crippen LogP contribution in [-0.4, -0.2) is 46.8 Å². The van der Waals surface area contributed by atoms with Gasteiger partial charge in [-0.05, 0) is 6.92 Å². The Morgan fingerprint density at radius 2 is 2.47 bits per heavy atom. The van der Waals surface area contributed by atoms with Crippen LogP contribution in [0.25, 0.3) is 0 Å². The molecule has 0 bridgehead atoms. The quantitative estimate of drug-likeness (QED) is 0.714. The van der Waals surface area contributed by atoms with Crippen LogP contribution >= 0.6 is 11.3 Å². The van der Waals surface area contributed by atoms with Gasteiger partial charge in [-0.1, -0.05) is 11.3 Å². The summed E-state index contributed by atoms with van der Waals surface area (Å²) >= 11 is 1.25. The molecule has 6 nitrogen and oxygen atoms in total. The van der Waals surface area contributed by atoms with Gasteiger partial charge in [0.05, 0.1) is 6.61 Å². The number of aromatic nitrogens is 1. The zero-order chi connectivity index (χ0) is 12.4. The molecule has 1 aromatic heterocycles. The number of aliphatic hydroxyl groups is 1. The standard InChI is InChI=1S/C10H15N3O3S/c1-6-4-13(3-2-11-6)9-8(10(15)16)12-7(5-14)17-9/h6,11,14H,2-5H2,1H3,(H,15,16)/t6-/m1/s1. The summed E-state index contributed by atoms with van der Waals surface area (Å²) in [5, 5.41) is 22.5. The second kappa shape index (κ2) is 4.99. The molecule has 0 spiro atoms. The number of carbonyl (C=O) groups is 1. The molecule has 3 N–H and O–H groups in total. The molecule has 1 atom stereocenters. The molecule has 0 radical (unpaired) electrons. The Balaban J connectivity index is 2.29. The number of thiazole rings is 1. The first-order valence-electron chi connectivity index (χ1n) is 5.44. The first kappa shape index (κ1) is 12.3. The van der Waals surface area contributed by atoms with Gasteiger partial charge in [-0.3, -0.25) is 0 Å². The fraction of sp³-hybridized carbons (Fsp3) is 0.600. The van der Waals surface area contributed by atoms with Gasteiger partial charge in [0.2, 0.25) is 0 Å². The normalized spacial score (nSPS) is 20.6. The van der Waals surface area contributed by atoms with Crippen molar-refractivity contribution in [2.45, 2.75) is 19.6 Å². The van der Waals surface area contributed by atoms with Crippen LogP contribution in [0.1, 0.15) is 22.4 Å². The number of aliphatic hydroxyl groups excluding tert-OH is 1. The third kappa shape index (κ3) is 2.56. The molecule has 2 rings (SSSR count). The SMILES string of the molecule is C[C@@H]1CN(c2sc(CO)nc2C(=O)O)CCN1. The van der Waals surface area contributed by atoms with Gasteiger partial charge in [-0.2, -0.15) is 0 Å². The molecule has 0 aliphatic carbocycles. The maximum atomic E-state index is 11.1. The Morgan fingerprint density at radius 3 is 3.06 bits per heavy atom. The lowest BCUT2D eigenvalue weighted by Gasteiger charge is -2.32. The van der Waals surface area contributed by atoms with Crippen LogP contribution < -0.4 is 10.2 Å². The van der Waals surface area contributed by atoms with E-state index >= 15 is 0 Å². The highest BCUT2D eigenvalue weighted by molar-refractivity contribution is 7.16. The average Bonchev–Trinajstić information content (AvgIpc) is 2.73. The number of nitrogens with one attached hydrogen (secondary N) is 1. The van der Waals surface area contributed by atoms with Gasteiger partial charge in [0, 0.05) is 25.7 Å². The molecule has 94 valence electrons. The summed E-state index contributed by atoms with van der Waals surface area (Å²) in [5.41, 5.74) is 0.0492. The molecule has 0 saturated carbocycles. The summed E-state index contributed by atoms with van der Waals surface area (Å²) in [6, 6.07) is 0.324. The fourth-order valence-corrected chi connectivity index (χ4v) is 2.84. The third-order valence-corrected chi connectivity index (χ3v) is 3.75. The summed E-state index contributed by atoms with van der Waals surface area (Å²) in [6.45, 7) is 4.19. The number of anilines is 1. The number of carboxylic acids is 1. The van der Waals surface area contributed by atoms with E-state index in [4.69, 9.17) is 10.2 Å².